The van der Waals surface area contributed by atoms with E-state index >= 15 is 0 Å². The van der Waals surface area contributed by atoms with Crippen LogP contribution in [0.25, 0.3) is 11.1 Å². The van der Waals surface area contributed by atoms with Crippen molar-refractivity contribution < 1.29 is 90.1 Å². The lowest BCUT2D eigenvalue weighted by Gasteiger charge is -2.45. The zero-order chi connectivity index (χ0) is 83.0. The number of aromatic nitrogens is 6. The molecule has 0 spiro atoms. The van der Waals surface area contributed by atoms with Crippen LogP contribution in [-0.4, -0.2) is 166 Å². The van der Waals surface area contributed by atoms with Crippen LogP contribution in [0.2, 0.25) is 0 Å². The number of hydrogen-bond donors (Lipinski definition) is 10. The van der Waals surface area contributed by atoms with E-state index in [0.29, 0.717) is 11.1 Å². The Morgan fingerprint density at radius 3 is 1.31 bits per heavy atom. The van der Waals surface area contributed by atoms with Gasteiger partial charge in [-0.2, -0.15) is 63.6 Å². The zero-order valence-electron chi connectivity index (χ0n) is 61.0. The van der Waals surface area contributed by atoms with Crippen LogP contribution in [-0.2, 0) is 50.1 Å². The Morgan fingerprint density at radius 2 is 0.814 bits per heavy atom. The molecule has 10 aromatic rings. The van der Waals surface area contributed by atoms with Gasteiger partial charge in [0.1, 0.15) is 21.3 Å². The normalized spacial score (nSPS) is 17.5. The first-order valence-corrected chi connectivity index (χ1v) is 41.3. The third-order valence-electron chi connectivity index (χ3n) is 20.0. The molecule has 16 rings (SSSR count). The van der Waals surface area contributed by atoms with Crippen molar-refractivity contribution in [2.24, 2.45) is 11.8 Å². The number of hydrogen-bond acceptors (Lipinski definition) is 28. The minimum absolute atomic E-state index is 0.00418. The molecule has 10 N–H and O–H groups in total. The molecule has 6 aliphatic rings. The highest BCUT2D eigenvalue weighted by molar-refractivity contribution is 7.86. The van der Waals surface area contributed by atoms with E-state index < -0.39 is 131 Å². The summed E-state index contributed by atoms with van der Waals surface area (Å²) >= 11 is 0. The van der Waals surface area contributed by atoms with Crippen LogP contribution in [0.1, 0.15) is 52.6 Å². The van der Waals surface area contributed by atoms with E-state index in [1.165, 1.54) is 77.5 Å². The number of anilines is 8. The van der Waals surface area contributed by atoms with E-state index in [1.807, 2.05) is 0 Å². The number of likely N-dealkylation sites (N-methyl/N-ethyl adjacent to an activating group) is 2. The van der Waals surface area contributed by atoms with Gasteiger partial charge >= 0.3 is 12.0 Å². The molecule has 4 aliphatic carbocycles. The number of nitrogens with one attached hydrogen (secondary N) is 6. The number of Topliss-reactive ketones (excluding diaryl/α,β-unsaturated/α-hetero) is 4. The molecule has 2 aliphatic heterocycles. The van der Waals surface area contributed by atoms with Crippen LogP contribution in [0.15, 0.2) is 272 Å². The minimum atomic E-state index is -5.13. The largest absolute Gasteiger partial charge is 0.424 e. The van der Waals surface area contributed by atoms with Crippen LogP contribution < -0.4 is 41.4 Å². The number of amides is 2. The average molecular weight is 1670 g/mol. The van der Waals surface area contributed by atoms with Crippen LogP contribution >= 0.6 is 0 Å². The molecule has 2 aromatic heterocycles. The number of fused-ring (bicyclic) bond motifs is 4. The number of carbonyl (C=O) groups is 6. The lowest BCUT2D eigenvalue weighted by molar-refractivity contribution is -0.128. The topological polar surface area (TPSA) is 494 Å². The Balaban J connectivity index is 0.698. The SMILES string of the molecule is CN1C(=O)C(C(=O)c2ccccc2)=C2c3ccccc3C(=O)C3=C(Nc4ccc(S(=O)(=O)O)c(Nc5nc(NCCNc6nc(Nc7ccc(S(=O)(=O)O)c(NC8=C9C(=O)c%10ccccc%10C%10=C(C(=O)c%11cccc(S(=O)(=O)O)c%11)C(=O)N(C)C(C=C8)C9%10)c7)nc(Oc7ccc(S(=O)(=O)O)cc7)n6)nc(Oc6ccccc6)n5)c4)C=CC1C32. The Morgan fingerprint density at radius 1 is 0.398 bits per heavy atom. The maximum absolute atomic E-state index is 15.0. The second kappa shape index (κ2) is 30.3. The molecule has 0 radical (unpaired) electrons. The van der Waals surface area contributed by atoms with Crippen molar-refractivity contribution in [2.75, 3.05) is 59.1 Å². The highest BCUT2D eigenvalue weighted by Crippen LogP contribution is 2.53. The standard InChI is InChI=1S/C80H60N14O20S4/c1-93-57-32-30-53(63-65(57)61(49-20-9-11-22-51(49)71(63)97)67(73(93)99)69(95)41-14-5-3-6-15-41)83-43-24-34-60(118(110,111)112)56(39-43)86-78-88-76(90-80(92-78)113-45-17-7-4-8-18-45)82-37-36-81-75-87-77(91-79(89-75)114-46-26-28-47(29-27-46)115(101,102)103)84-44-25-35-59(117(107,108)109)55(40-44)85-54-31-33-58-66-62(50-21-10-12-23-52(50)72(98)64(54)66)68(74(100)94(58)2)70(96)42-16-13-19-48(38-42)116(104,105)106/h3-35,38-40,57-58,65-66,83,85H,36-37H2,1-2H3,(H,101,102,103)(H,104,105,106)(H,107,108,109)(H,110,111,112)(H2,81,84,87,89,91)(H2,82,86,88,90,92). The zero-order valence-corrected chi connectivity index (χ0v) is 64.3. The summed E-state index contributed by atoms with van der Waals surface area (Å²) in [4.78, 5) is 115. The summed E-state index contributed by atoms with van der Waals surface area (Å²) in [6.07, 6.45) is 6.31. The molecular formula is C80H60N14O20S4. The summed E-state index contributed by atoms with van der Waals surface area (Å²) in [7, 11) is -16.7. The third kappa shape index (κ3) is 15.0. The molecule has 8 aromatic carbocycles. The molecule has 4 atom stereocenters. The molecular weight excluding hydrogens is 1610 g/mol. The molecule has 0 bridgehead atoms. The summed E-state index contributed by atoms with van der Waals surface area (Å²) in [5.74, 6) is -6.64. The fourth-order valence-electron chi connectivity index (χ4n) is 14.8. The average Bonchev–Trinajstić information content (AvgIpc) is 0.710. The summed E-state index contributed by atoms with van der Waals surface area (Å²) in [6.45, 7) is -0.220. The van der Waals surface area contributed by atoms with Gasteiger partial charge in [-0.15, -0.1) is 0 Å². The molecule has 4 unspecified atom stereocenters. The molecule has 118 heavy (non-hydrogen) atoms. The molecule has 38 heteroatoms. The molecule has 0 saturated heterocycles. The smallest absolute Gasteiger partial charge is 0.328 e. The van der Waals surface area contributed by atoms with E-state index in [-0.39, 0.29) is 139 Å². The molecule has 4 heterocycles. The Bertz CT molecular complexity index is 6730. The first kappa shape index (κ1) is 77.8. The van der Waals surface area contributed by atoms with Gasteiger partial charge in [0.25, 0.3) is 52.3 Å². The maximum atomic E-state index is 15.0. The van der Waals surface area contributed by atoms with Crippen molar-refractivity contribution in [3.8, 4) is 23.5 Å². The number of ether oxygens (including phenoxy) is 2. The lowest BCUT2D eigenvalue weighted by Crippen LogP contribution is -2.51. The number of nitrogens with zero attached hydrogens (tertiary/aromatic N) is 8. The van der Waals surface area contributed by atoms with E-state index in [0.717, 1.165) is 36.4 Å². The fourth-order valence-corrected chi connectivity index (χ4v) is 17.0. The lowest BCUT2D eigenvalue weighted by atomic mass is 9.65. The Kier molecular flexibility index (Phi) is 19.9. The molecule has 594 valence electrons. The van der Waals surface area contributed by atoms with Crippen LogP contribution in [0.4, 0.5) is 46.5 Å². The summed E-state index contributed by atoms with van der Waals surface area (Å²) in [5, 5.41) is 18.1. The van der Waals surface area contributed by atoms with Crippen LogP contribution in [0.3, 0.4) is 0 Å². The maximum Gasteiger partial charge on any atom is 0.328 e. The number of benzene rings is 8. The highest BCUT2D eigenvalue weighted by Gasteiger charge is 2.52. The van der Waals surface area contributed by atoms with E-state index in [9.17, 15) is 80.6 Å². The molecule has 2 amide bonds. The number of para-hydroxylation sites is 1. The van der Waals surface area contributed by atoms with Gasteiger partial charge in [0.2, 0.25) is 23.8 Å². The van der Waals surface area contributed by atoms with Gasteiger partial charge in [0.05, 0.1) is 44.4 Å². The number of carbonyl (C=O) groups excluding carboxylic acids is 6. The summed E-state index contributed by atoms with van der Waals surface area (Å²) in [5.41, 5.74) is 0.679. The van der Waals surface area contributed by atoms with Gasteiger partial charge in [-0.25, -0.2) is 0 Å². The van der Waals surface area contributed by atoms with Crippen molar-refractivity contribution in [1.82, 2.24) is 39.7 Å². The Labute approximate surface area is 670 Å². The summed E-state index contributed by atoms with van der Waals surface area (Å²) < 4.78 is 155. The number of ketones is 4. The van der Waals surface area contributed by atoms with Crippen molar-refractivity contribution >= 4 is 133 Å². The molecule has 34 nitrogen and oxygen atoms in total. The van der Waals surface area contributed by atoms with Gasteiger partial charge in [-0.3, -0.25) is 47.0 Å². The van der Waals surface area contributed by atoms with Gasteiger partial charge in [0, 0.05) is 95.2 Å². The van der Waals surface area contributed by atoms with Gasteiger partial charge in [-0.05, 0) is 119 Å². The van der Waals surface area contributed by atoms with E-state index in [4.69, 9.17) is 9.47 Å². The Hall–Kier alpha value is -14.1. The van der Waals surface area contributed by atoms with Crippen molar-refractivity contribution in [1.29, 1.82) is 0 Å². The van der Waals surface area contributed by atoms with Gasteiger partial charge in [0.15, 0.2) is 23.1 Å². The van der Waals surface area contributed by atoms with Crippen LogP contribution in [0, 0.1) is 11.8 Å². The van der Waals surface area contributed by atoms with Crippen LogP contribution in [0.5, 0.6) is 23.5 Å². The number of rotatable bonds is 25. The van der Waals surface area contributed by atoms with E-state index in [1.54, 1.807) is 128 Å². The quantitative estimate of drug-likeness (QED) is 0.0110. The minimum Gasteiger partial charge on any atom is -0.424 e. The first-order chi connectivity index (χ1) is 56.3. The van der Waals surface area contributed by atoms with Gasteiger partial charge < -0.3 is 51.2 Å². The second-order valence-electron chi connectivity index (χ2n) is 27.2. The van der Waals surface area contributed by atoms with Crippen molar-refractivity contribution in [2.45, 2.75) is 31.7 Å². The van der Waals surface area contributed by atoms with Crippen molar-refractivity contribution in [3.05, 3.63) is 285 Å². The van der Waals surface area contributed by atoms with Gasteiger partial charge in [-0.1, -0.05) is 121 Å². The summed E-state index contributed by atoms with van der Waals surface area (Å²) in [6, 6.07) is 43.0. The van der Waals surface area contributed by atoms with Crippen molar-refractivity contribution in [3.63, 3.8) is 0 Å². The monoisotopic (exact) mass is 1660 g/mol. The fraction of sp³-hybridized carbons (Fsp3) is 0.100. The first-order valence-electron chi connectivity index (χ1n) is 35.5. The molecule has 0 saturated carbocycles. The predicted molar refractivity (Wildman–Crippen MR) is 425 cm³/mol. The second-order valence-corrected chi connectivity index (χ2v) is 32.8. The predicted octanol–water partition coefficient (Wildman–Crippen LogP) is 10.1. The third-order valence-corrected chi connectivity index (χ3v) is 23.5. The number of allylic oxidation sites excluding steroid dienone is 2. The van der Waals surface area contributed by atoms with E-state index in [2.05, 4.69) is 61.8 Å². The highest BCUT2D eigenvalue weighted by atomic mass is 32.2. The molecule has 0 fully saturated rings.